The second-order valence-corrected chi connectivity index (χ2v) is 8.17. The highest BCUT2D eigenvalue weighted by Gasteiger charge is 2.10. The van der Waals surface area contributed by atoms with Gasteiger partial charge in [0, 0.05) is 30.0 Å². The zero-order valence-corrected chi connectivity index (χ0v) is 18.4. The van der Waals surface area contributed by atoms with E-state index in [0.717, 1.165) is 33.2 Å². The smallest absolute Gasteiger partial charge is 0.246 e. The number of rotatable bonds is 11. The van der Waals surface area contributed by atoms with E-state index in [1.165, 1.54) is 0 Å². The average molecular weight is 429 g/mol. The van der Waals surface area contributed by atoms with Gasteiger partial charge in [0.15, 0.2) is 5.16 Å². The number of aromatic nitrogens is 3. The number of para-hydroxylation sites is 2. The Morgan fingerprint density at radius 2 is 2.07 bits per heavy atom. The number of ether oxygens (including phenoxy) is 2. The number of nitrogens with one attached hydrogen (secondary N) is 2. The van der Waals surface area contributed by atoms with Gasteiger partial charge >= 0.3 is 0 Å². The van der Waals surface area contributed by atoms with Gasteiger partial charge in [-0.1, -0.05) is 23.9 Å². The zero-order chi connectivity index (χ0) is 21.3. The molecular weight excluding hydrogens is 400 g/mol. The number of pyridine rings is 1. The van der Waals surface area contributed by atoms with Gasteiger partial charge in [-0.25, -0.2) is 4.98 Å². The van der Waals surface area contributed by atoms with Crippen LogP contribution in [0.2, 0.25) is 0 Å². The van der Waals surface area contributed by atoms with Gasteiger partial charge in [0.25, 0.3) is 0 Å². The Morgan fingerprint density at radius 1 is 1.23 bits per heavy atom. The van der Waals surface area contributed by atoms with Crippen LogP contribution >= 0.6 is 11.8 Å². The third kappa shape index (κ3) is 6.47. The summed E-state index contributed by atoms with van der Waals surface area (Å²) >= 11 is 1.62. The van der Waals surface area contributed by atoms with E-state index in [0.29, 0.717) is 25.4 Å². The van der Waals surface area contributed by atoms with Crippen LogP contribution in [0.25, 0.3) is 11.0 Å². The van der Waals surface area contributed by atoms with Crippen LogP contribution in [0.4, 0.5) is 0 Å². The number of H-pyrrole nitrogens is 1. The molecular formula is C22H28N4O3S. The molecule has 0 aliphatic carbocycles. The number of aromatic amines is 1. The third-order valence-electron chi connectivity index (χ3n) is 4.35. The van der Waals surface area contributed by atoms with Crippen molar-refractivity contribution in [3.8, 4) is 5.75 Å². The van der Waals surface area contributed by atoms with Gasteiger partial charge in [-0.15, -0.1) is 0 Å². The lowest BCUT2D eigenvalue weighted by atomic mass is 10.2. The molecule has 0 spiro atoms. The number of thioether (sulfide) groups is 1. The highest BCUT2D eigenvalue weighted by Crippen LogP contribution is 2.27. The molecule has 0 saturated carbocycles. The first kappa shape index (κ1) is 22.1. The molecule has 1 amide bonds. The predicted octanol–water partition coefficient (Wildman–Crippen LogP) is 3.87. The van der Waals surface area contributed by atoms with Crippen molar-refractivity contribution in [3.05, 3.63) is 47.8 Å². The maximum Gasteiger partial charge on any atom is 0.246 e. The number of fused-ring (bicyclic) bond motifs is 1. The second kappa shape index (κ2) is 11.0. The predicted molar refractivity (Wildman–Crippen MR) is 119 cm³/mol. The minimum Gasteiger partial charge on any atom is -0.493 e. The molecule has 2 aromatic heterocycles. The van der Waals surface area contributed by atoms with Crippen molar-refractivity contribution in [1.82, 2.24) is 20.3 Å². The molecule has 0 unspecified atom stereocenters. The summed E-state index contributed by atoms with van der Waals surface area (Å²) in [6, 6.07) is 9.99. The summed E-state index contributed by atoms with van der Waals surface area (Å²) < 4.78 is 11.3. The standard InChI is InChI=1S/C22H28N4O3S/c1-15(2)24-21(27)13-28-11-6-12-29-20-9-10-23-19(16(20)3)14-30-22-25-17-7-4-5-8-18(17)26-22/h4-5,7-10,15H,6,11-14H2,1-3H3,(H,24,27)(H,25,26). The van der Waals surface area contributed by atoms with Crippen LogP contribution < -0.4 is 10.1 Å². The van der Waals surface area contributed by atoms with E-state index in [1.54, 1.807) is 18.0 Å². The topological polar surface area (TPSA) is 89.1 Å². The summed E-state index contributed by atoms with van der Waals surface area (Å²) in [5, 5.41) is 3.67. The van der Waals surface area contributed by atoms with Gasteiger partial charge in [-0.2, -0.15) is 0 Å². The molecule has 2 N–H and O–H groups in total. The van der Waals surface area contributed by atoms with Crippen LogP contribution in [0.5, 0.6) is 5.75 Å². The third-order valence-corrected chi connectivity index (χ3v) is 5.23. The number of carbonyl (C=O) groups is 1. The zero-order valence-electron chi connectivity index (χ0n) is 17.6. The maximum absolute atomic E-state index is 11.5. The Morgan fingerprint density at radius 3 is 2.87 bits per heavy atom. The van der Waals surface area contributed by atoms with Crippen molar-refractivity contribution in [2.45, 2.75) is 44.1 Å². The van der Waals surface area contributed by atoms with Gasteiger partial charge in [0.2, 0.25) is 5.91 Å². The van der Waals surface area contributed by atoms with Gasteiger partial charge < -0.3 is 19.8 Å². The summed E-state index contributed by atoms with van der Waals surface area (Å²) in [6.45, 7) is 6.94. The van der Waals surface area contributed by atoms with E-state index in [1.807, 2.05) is 51.1 Å². The van der Waals surface area contributed by atoms with Crippen molar-refractivity contribution < 1.29 is 14.3 Å². The summed E-state index contributed by atoms with van der Waals surface area (Å²) in [4.78, 5) is 23.9. The van der Waals surface area contributed by atoms with E-state index >= 15 is 0 Å². The van der Waals surface area contributed by atoms with Gasteiger partial charge in [-0.05, 0) is 39.0 Å². The minimum absolute atomic E-state index is 0.0790. The molecule has 160 valence electrons. The molecule has 0 aliphatic heterocycles. The van der Waals surface area contributed by atoms with Crippen LogP contribution in [-0.4, -0.2) is 46.7 Å². The lowest BCUT2D eigenvalue weighted by molar-refractivity contribution is -0.126. The van der Waals surface area contributed by atoms with Crippen LogP contribution in [0.15, 0.2) is 41.7 Å². The second-order valence-electron chi connectivity index (χ2n) is 7.21. The number of hydrogen-bond donors (Lipinski definition) is 2. The Kier molecular flexibility index (Phi) is 8.10. The molecule has 0 saturated heterocycles. The molecule has 0 fully saturated rings. The van der Waals surface area contributed by atoms with Crippen LogP contribution in [0.1, 0.15) is 31.5 Å². The van der Waals surface area contributed by atoms with E-state index in [9.17, 15) is 4.79 Å². The normalized spacial score (nSPS) is 11.2. The number of imidazole rings is 1. The number of carbonyl (C=O) groups excluding carboxylic acids is 1. The molecule has 3 rings (SSSR count). The Balaban J connectivity index is 1.43. The molecule has 0 aliphatic rings. The van der Waals surface area contributed by atoms with Gasteiger partial charge in [-0.3, -0.25) is 9.78 Å². The van der Waals surface area contributed by atoms with Crippen LogP contribution in [0, 0.1) is 6.92 Å². The summed E-state index contributed by atoms with van der Waals surface area (Å²) in [5.74, 6) is 1.43. The van der Waals surface area contributed by atoms with Crippen molar-refractivity contribution in [3.63, 3.8) is 0 Å². The Hall–Kier alpha value is -2.58. The minimum atomic E-state index is -0.0949. The monoisotopic (exact) mass is 428 g/mol. The highest BCUT2D eigenvalue weighted by molar-refractivity contribution is 7.98. The molecule has 0 atom stereocenters. The average Bonchev–Trinajstić information content (AvgIpc) is 3.13. The van der Waals surface area contributed by atoms with Crippen molar-refractivity contribution in [1.29, 1.82) is 0 Å². The molecule has 7 nitrogen and oxygen atoms in total. The van der Waals surface area contributed by atoms with E-state index in [4.69, 9.17) is 9.47 Å². The van der Waals surface area contributed by atoms with Crippen molar-refractivity contribution in [2.24, 2.45) is 0 Å². The SMILES string of the molecule is Cc1c(OCCCOCC(=O)NC(C)C)ccnc1CSc1nc2ccccc2[nH]1. The summed E-state index contributed by atoms with van der Waals surface area (Å²) in [7, 11) is 0. The fourth-order valence-electron chi connectivity index (χ4n) is 2.87. The maximum atomic E-state index is 11.5. The molecule has 30 heavy (non-hydrogen) atoms. The number of nitrogens with zero attached hydrogens (tertiary/aromatic N) is 2. The summed E-state index contributed by atoms with van der Waals surface area (Å²) in [5.41, 5.74) is 3.99. The van der Waals surface area contributed by atoms with Crippen LogP contribution in [0.3, 0.4) is 0 Å². The fraction of sp³-hybridized carbons (Fsp3) is 0.409. The van der Waals surface area contributed by atoms with E-state index in [-0.39, 0.29) is 18.6 Å². The highest BCUT2D eigenvalue weighted by atomic mass is 32.2. The van der Waals surface area contributed by atoms with E-state index < -0.39 is 0 Å². The molecule has 0 bridgehead atoms. The van der Waals surface area contributed by atoms with Crippen LogP contribution in [-0.2, 0) is 15.3 Å². The largest absolute Gasteiger partial charge is 0.493 e. The Labute approximate surface area is 181 Å². The number of hydrogen-bond acceptors (Lipinski definition) is 6. The first-order valence-corrected chi connectivity index (χ1v) is 11.0. The molecule has 2 heterocycles. The lowest BCUT2D eigenvalue weighted by Gasteiger charge is -2.12. The van der Waals surface area contributed by atoms with Crippen molar-refractivity contribution in [2.75, 3.05) is 19.8 Å². The molecule has 1 aromatic carbocycles. The first-order valence-electron chi connectivity index (χ1n) is 10.0. The first-order chi connectivity index (χ1) is 14.5. The van der Waals surface area contributed by atoms with Crippen molar-refractivity contribution >= 4 is 28.7 Å². The summed E-state index contributed by atoms with van der Waals surface area (Å²) in [6.07, 6.45) is 2.48. The quantitative estimate of drug-likeness (QED) is 0.356. The Bertz CT molecular complexity index is 941. The number of amides is 1. The molecule has 0 radical (unpaired) electrons. The fourth-order valence-corrected chi connectivity index (χ4v) is 3.78. The lowest BCUT2D eigenvalue weighted by Crippen LogP contribution is -2.33. The van der Waals surface area contributed by atoms with Gasteiger partial charge in [0.05, 0.1) is 29.9 Å². The van der Waals surface area contributed by atoms with E-state index in [2.05, 4.69) is 20.3 Å². The molecule has 8 heteroatoms. The molecule has 3 aromatic rings. The number of benzene rings is 1. The van der Waals surface area contributed by atoms with Gasteiger partial charge in [0.1, 0.15) is 12.4 Å².